The summed E-state index contributed by atoms with van der Waals surface area (Å²) in [5, 5.41) is 2.76. The summed E-state index contributed by atoms with van der Waals surface area (Å²) in [6, 6.07) is 0. The number of hydrogen-bond donors (Lipinski definition) is 1. The normalized spacial score (nSPS) is 13.8. The van der Waals surface area contributed by atoms with Crippen LogP contribution in [0.25, 0.3) is 0 Å². The Balaban J connectivity index is 4.73. The van der Waals surface area contributed by atoms with Gasteiger partial charge in [0.1, 0.15) is 5.76 Å². The molecule has 5 nitrogen and oxygen atoms in total. The molecule has 6 heteroatoms. The Labute approximate surface area is 78.6 Å². The molecule has 0 aromatic rings. The van der Waals surface area contributed by atoms with Gasteiger partial charge in [0.05, 0.1) is 7.11 Å². The second-order valence-electron chi connectivity index (χ2n) is 2.27. The van der Waals surface area contributed by atoms with Crippen molar-refractivity contribution >= 4 is 7.60 Å². The summed E-state index contributed by atoms with van der Waals surface area (Å²) in [4.78, 5) is 0. The number of likely N-dealkylation sites (N-methyl/N-ethyl adjacent to an activating group) is 1. The summed E-state index contributed by atoms with van der Waals surface area (Å²) in [7, 11) is 2.51. The number of hydrogen-bond acceptors (Lipinski definition) is 5. The maximum atomic E-state index is 11.8. The van der Waals surface area contributed by atoms with Crippen LogP contribution >= 0.6 is 7.60 Å². The quantitative estimate of drug-likeness (QED) is 0.525. The van der Waals surface area contributed by atoms with E-state index in [0.717, 1.165) is 0 Å². The van der Waals surface area contributed by atoms with Crippen LogP contribution < -0.4 is 5.32 Å². The topological polar surface area (TPSA) is 56.8 Å². The van der Waals surface area contributed by atoms with E-state index in [1.165, 1.54) is 21.3 Å². The Morgan fingerprint density at radius 1 is 1.38 bits per heavy atom. The van der Waals surface area contributed by atoms with Crippen LogP contribution in [0.2, 0.25) is 0 Å². The van der Waals surface area contributed by atoms with Crippen LogP contribution in [0.1, 0.15) is 0 Å². The standard InChI is InChI=1S/C7H16NO4P/c1-6(10-3)7(8-2)13(9,11-4)12-5/h7-8H,1H2,2-5H3. The molecule has 0 rings (SSSR count). The highest BCUT2D eigenvalue weighted by molar-refractivity contribution is 7.54. The number of nitrogens with one attached hydrogen (secondary N) is 1. The summed E-state index contributed by atoms with van der Waals surface area (Å²) in [6.07, 6.45) is 0. The third-order valence-electron chi connectivity index (χ3n) is 1.67. The number of methoxy groups -OCH3 is 1. The van der Waals surface area contributed by atoms with Gasteiger partial charge < -0.3 is 19.1 Å². The van der Waals surface area contributed by atoms with Crippen molar-refractivity contribution in [2.24, 2.45) is 0 Å². The minimum atomic E-state index is -3.20. The van der Waals surface area contributed by atoms with E-state index in [1.54, 1.807) is 7.05 Å². The van der Waals surface area contributed by atoms with Gasteiger partial charge in [0.15, 0.2) is 5.78 Å². The first kappa shape index (κ1) is 12.7. The SMILES string of the molecule is C=C(OC)C(NC)P(=O)(OC)OC. The molecule has 0 aromatic carbocycles. The molecule has 0 amide bonds. The van der Waals surface area contributed by atoms with E-state index in [2.05, 4.69) is 11.9 Å². The Bertz CT molecular complexity index is 211. The average molecular weight is 209 g/mol. The molecule has 0 aliphatic heterocycles. The molecule has 0 aromatic heterocycles. The lowest BCUT2D eigenvalue weighted by molar-refractivity contribution is 0.231. The minimum absolute atomic E-state index is 0.314. The molecule has 0 aliphatic rings. The second-order valence-corrected chi connectivity index (χ2v) is 4.59. The van der Waals surface area contributed by atoms with Gasteiger partial charge in [-0.15, -0.1) is 0 Å². The molecule has 0 fully saturated rings. The van der Waals surface area contributed by atoms with Gasteiger partial charge in [0.2, 0.25) is 0 Å². The van der Waals surface area contributed by atoms with Crippen molar-refractivity contribution in [1.82, 2.24) is 5.32 Å². The van der Waals surface area contributed by atoms with Crippen LogP contribution in [-0.4, -0.2) is 34.2 Å². The third-order valence-corrected chi connectivity index (χ3v) is 3.86. The van der Waals surface area contributed by atoms with Crippen LogP contribution in [-0.2, 0) is 18.3 Å². The molecule has 0 bridgehead atoms. The Kier molecular flexibility index (Phi) is 5.25. The van der Waals surface area contributed by atoms with Crippen LogP contribution in [0.4, 0.5) is 0 Å². The van der Waals surface area contributed by atoms with Crippen LogP contribution in [0.15, 0.2) is 12.3 Å². The van der Waals surface area contributed by atoms with Crippen molar-refractivity contribution < 1.29 is 18.3 Å². The van der Waals surface area contributed by atoms with Crippen LogP contribution in [0, 0.1) is 0 Å². The first-order valence-electron chi connectivity index (χ1n) is 3.67. The maximum Gasteiger partial charge on any atom is 0.354 e. The van der Waals surface area contributed by atoms with Gasteiger partial charge >= 0.3 is 7.60 Å². The molecule has 0 saturated heterocycles. The highest BCUT2D eigenvalue weighted by Crippen LogP contribution is 2.52. The van der Waals surface area contributed by atoms with E-state index >= 15 is 0 Å². The molecule has 0 aliphatic carbocycles. The molecular weight excluding hydrogens is 193 g/mol. The van der Waals surface area contributed by atoms with Gasteiger partial charge in [0.25, 0.3) is 0 Å². The fraction of sp³-hybridized carbons (Fsp3) is 0.714. The minimum Gasteiger partial charge on any atom is -0.499 e. The Morgan fingerprint density at radius 3 is 2.08 bits per heavy atom. The van der Waals surface area contributed by atoms with Gasteiger partial charge in [-0.3, -0.25) is 4.57 Å². The smallest absolute Gasteiger partial charge is 0.354 e. The number of ether oxygens (including phenoxy) is 1. The zero-order valence-electron chi connectivity index (χ0n) is 8.36. The summed E-state index contributed by atoms with van der Waals surface area (Å²) in [6.45, 7) is 3.59. The summed E-state index contributed by atoms with van der Waals surface area (Å²) in [5.74, 6) is -0.331. The molecule has 78 valence electrons. The molecule has 1 unspecified atom stereocenters. The highest BCUT2D eigenvalue weighted by Gasteiger charge is 2.35. The zero-order valence-corrected chi connectivity index (χ0v) is 9.26. The van der Waals surface area contributed by atoms with Crippen molar-refractivity contribution in [3.8, 4) is 0 Å². The lowest BCUT2D eigenvalue weighted by atomic mass is 10.5. The first-order chi connectivity index (χ1) is 6.05. The van der Waals surface area contributed by atoms with E-state index < -0.39 is 13.4 Å². The molecule has 1 atom stereocenters. The predicted molar refractivity (Wildman–Crippen MR) is 50.6 cm³/mol. The Hall–Kier alpha value is -0.350. The van der Waals surface area contributed by atoms with E-state index in [1.807, 2.05) is 0 Å². The predicted octanol–water partition coefficient (Wildman–Crippen LogP) is 1.18. The highest BCUT2D eigenvalue weighted by atomic mass is 31.2. The fourth-order valence-corrected chi connectivity index (χ4v) is 2.24. The van der Waals surface area contributed by atoms with Gasteiger partial charge in [-0.1, -0.05) is 6.58 Å². The fourth-order valence-electron chi connectivity index (χ4n) is 0.892. The summed E-state index contributed by atoms with van der Waals surface area (Å²) in [5.41, 5.74) is 0. The second kappa shape index (κ2) is 5.40. The molecular formula is C7H16NO4P. The van der Waals surface area contributed by atoms with E-state index in [0.29, 0.717) is 5.76 Å². The average Bonchev–Trinajstić information content (AvgIpc) is 2.18. The zero-order chi connectivity index (χ0) is 10.5. The van der Waals surface area contributed by atoms with Crippen molar-refractivity contribution in [2.45, 2.75) is 5.78 Å². The first-order valence-corrected chi connectivity index (χ1v) is 5.28. The van der Waals surface area contributed by atoms with Crippen LogP contribution in [0.5, 0.6) is 0 Å². The van der Waals surface area contributed by atoms with Crippen molar-refractivity contribution in [1.29, 1.82) is 0 Å². The van der Waals surface area contributed by atoms with Crippen molar-refractivity contribution in [2.75, 3.05) is 28.4 Å². The van der Waals surface area contributed by atoms with Gasteiger partial charge in [-0.05, 0) is 7.05 Å². The lowest BCUT2D eigenvalue weighted by Gasteiger charge is -2.24. The van der Waals surface area contributed by atoms with Gasteiger partial charge in [-0.25, -0.2) is 0 Å². The third kappa shape index (κ3) is 2.81. The molecule has 13 heavy (non-hydrogen) atoms. The Morgan fingerprint density at radius 2 is 1.85 bits per heavy atom. The largest absolute Gasteiger partial charge is 0.499 e. The molecule has 0 radical (unpaired) electrons. The lowest BCUT2D eigenvalue weighted by Crippen LogP contribution is -2.28. The van der Waals surface area contributed by atoms with Gasteiger partial charge in [-0.2, -0.15) is 0 Å². The molecule has 0 saturated carbocycles. The van der Waals surface area contributed by atoms with Crippen molar-refractivity contribution in [3.05, 3.63) is 12.3 Å². The van der Waals surface area contributed by atoms with E-state index in [-0.39, 0.29) is 0 Å². The summed E-state index contributed by atoms with van der Waals surface area (Å²) >= 11 is 0. The van der Waals surface area contributed by atoms with Gasteiger partial charge in [0, 0.05) is 14.2 Å². The maximum absolute atomic E-state index is 11.8. The molecule has 1 N–H and O–H groups in total. The summed E-state index contributed by atoms with van der Waals surface area (Å²) < 4.78 is 26.3. The molecule has 0 heterocycles. The van der Waals surface area contributed by atoms with Crippen LogP contribution in [0.3, 0.4) is 0 Å². The molecule has 0 spiro atoms. The monoisotopic (exact) mass is 209 g/mol. The van der Waals surface area contributed by atoms with Crippen molar-refractivity contribution in [3.63, 3.8) is 0 Å². The van der Waals surface area contributed by atoms with E-state index in [9.17, 15) is 4.57 Å². The number of rotatable bonds is 6. The van der Waals surface area contributed by atoms with E-state index in [4.69, 9.17) is 13.8 Å².